The van der Waals surface area contributed by atoms with Crippen LogP contribution in [0, 0.1) is 0 Å². The number of ether oxygens (including phenoxy) is 4. The molecule has 3 aliphatic carbocycles. The minimum absolute atomic E-state index is 0.462. The molecule has 678 valence electrons. The maximum atomic E-state index is 6.91. The Morgan fingerprint density at radius 2 is 0.720 bits per heavy atom. The summed E-state index contributed by atoms with van der Waals surface area (Å²) in [5.74, 6) is 4.74. The summed E-state index contributed by atoms with van der Waals surface area (Å²) >= 11 is 24.1. The number of hydrogen-bond donors (Lipinski definition) is 0. The van der Waals surface area contributed by atoms with Gasteiger partial charge in [0.1, 0.15) is 11.2 Å². The molecule has 4 heterocycles. The van der Waals surface area contributed by atoms with Crippen molar-refractivity contribution in [2.45, 2.75) is 30.4 Å². The zero-order chi connectivity index (χ0) is 95.0. The second-order valence-electron chi connectivity index (χ2n) is 36.3. The van der Waals surface area contributed by atoms with Gasteiger partial charge in [0, 0.05) is 87.2 Å². The first-order valence-electron chi connectivity index (χ1n) is 47.7. The van der Waals surface area contributed by atoms with Crippen molar-refractivity contribution in [2.24, 2.45) is 0 Å². The lowest BCUT2D eigenvalue weighted by Gasteiger charge is -2.35. The van der Waals surface area contributed by atoms with E-state index in [0.717, 1.165) is 94.5 Å². The lowest BCUT2D eigenvalue weighted by molar-refractivity contribution is 0.360. The van der Waals surface area contributed by atoms with E-state index in [9.17, 15) is 0 Å². The standard InChI is InChI=1S/C53H34ClNS2.C47H28ClNO2.C30H18ClNO3/c54-39-21-14-16-36(31-39)46-32-42(34-50-52(46)57-51-43-24-11-10-15-35(43)27-30-49(51)56-50)55(40-22-8-3-9-23-40)41-28-29-45-44-25-12-13-26-47(44)53(48(45)33-41,37-17-4-1-5-18-37)38-19-6-2-7-20-38;48-39-25-26-41(46-45(39)50-42-27-29-13-4-5-14-30(29)28-43(42)51-46)49(31-15-2-1-3-16-31)40-24-12-23-38-44(40)34-19-8-11-22-37(34)47(38)35-20-9-6-17-32(35)33-18-7-10-21-36(33)47;31-24-16-21(18-29-30(24)35-27-13-7-6-12-26(27)34-29)32(19-8-2-1-3-9-19)20-14-15-23-22-10-4-5-11-25(22)33-28(23)17-20/h1-34H;1-28H;1-18H. The third-order valence-corrected chi connectivity index (χ3v) is 31.8. The van der Waals surface area contributed by atoms with Crippen molar-refractivity contribution in [1.29, 1.82) is 0 Å². The lowest BCUT2D eigenvalue weighted by atomic mass is 9.67. The van der Waals surface area contributed by atoms with Crippen LogP contribution in [-0.2, 0) is 10.8 Å². The monoisotopic (exact) mass is 1930 g/mol. The van der Waals surface area contributed by atoms with E-state index in [2.05, 4.69) is 379 Å². The number of halogens is 3. The van der Waals surface area contributed by atoms with Gasteiger partial charge in [-0.05, 0) is 251 Å². The molecule has 29 rings (SSSR count). The average Bonchev–Trinajstić information content (AvgIpc) is 1.50. The average molecular weight is 1930 g/mol. The Morgan fingerprint density at radius 1 is 0.224 bits per heavy atom. The second kappa shape index (κ2) is 35.0. The summed E-state index contributed by atoms with van der Waals surface area (Å²) in [5, 5.41) is 8.54. The Bertz CT molecular complexity index is 8990. The van der Waals surface area contributed by atoms with Gasteiger partial charge < -0.3 is 38.1 Å². The maximum Gasteiger partial charge on any atom is 0.195 e. The number of nitrogens with zero attached hydrogens (tertiary/aromatic N) is 3. The first kappa shape index (κ1) is 85.5. The normalized spacial score (nSPS) is 13.1. The third-order valence-electron chi connectivity index (χ3n) is 28.4. The van der Waals surface area contributed by atoms with Gasteiger partial charge in [0.05, 0.1) is 37.9 Å². The van der Waals surface area contributed by atoms with E-state index < -0.39 is 10.8 Å². The Balaban J connectivity index is 0.000000110. The molecule has 1 spiro atoms. The molecule has 0 unspecified atom stereocenters. The molecule has 8 nitrogen and oxygen atoms in total. The summed E-state index contributed by atoms with van der Waals surface area (Å²) in [5.41, 5.74) is 29.7. The molecule has 0 saturated carbocycles. The molecule has 1 aromatic heterocycles. The predicted octanol–water partition coefficient (Wildman–Crippen LogP) is 38.4. The molecule has 3 aliphatic heterocycles. The van der Waals surface area contributed by atoms with E-state index in [-0.39, 0.29) is 0 Å². The molecule has 143 heavy (non-hydrogen) atoms. The van der Waals surface area contributed by atoms with Gasteiger partial charge in [-0.15, -0.1) is 0 Å². The van der Waals surface area contributed by atoms with Crippen molar-refractivity contribution in [1.82, 2.24) is 0 Å². The van der Waals surface area contributed by atoms with Gasteiger partial charge in [-0.1, -0.05) is 386 Å². The van der Waals surface area contributed by atoms with Crippen LogP contribution in [0.1, 0.15) is 44.5 Å². The summed E-state index contributed by atoms with van der Waals surface area (Å²) in [6, 6.07) is 171. The molecular formula is C130H80Cl3N3O5S2. The SMILES string of the molecule is Clc1cc(N(c2ccccc2)c2ccc3c(c2)oc2ccccc23)cc2c1Oc1ccccc1O2.Clc1ccc(N(c2ccccc2)c2cccc3c2-c2ccccc2C32c3ccccc3-c3ccccc32)c2c1Oc1cc3ccccc3cc1O2.Clc1cccc(-c2cc(N(c3ccccc3)c3ccc4c(c3)C(c3ccccc3)(c3ccccc3)c3ccccc3-4)cc3c2Sc2c(ccc4ccccc24)S3)c1. The van der Waals surface area contributed by atoms with Crippen molar-refractivity contribution in [2.75, 3.05) is 14.7 Å². The molecule has 0 atom stereocenters. The summed E-state index contributed by atoms with van der Waals surface area (Å²) in [6.45, 7) is 0. The molecule has 23 aromatic rings. The number of hydrogen-bond acceptors (Lipinski definition) is 10. The molecule has 6 aliphatic rings. The molecule has 0 N–H and O–H groups in total. The minimum Gasteiger partial charge on any atom is -0.456 e. The summed E-state index contributed by atoms with van der Waals surface area (Å²) in [6.07, 6.45) is 0. The van der Waals surface area contributed by atoms with E-state index in [1.54, 1.807) is 0 Å². The zero-order valence-corrected chi connectivity index (χ0v) is 80.4. The van der Waals surface area contributed by atoms with Crippen LogP contribution in [0.25, 0.3) is 88.0 Å². The van der Waals surface area contributed by atoms with Crippen molar-refractivity contribution in [3.8, 4) is 90.5 Å². The Labute approximate surface area is 850 Å². The fraction of sp³-hybridized carbons (Fsp3) is 0.0154. The molecular weight excluding hydrogens is 1850 g/mol. The van der Waals surface area contributed by atoms with Crippen LogP contribution in [0.2, 0.25) is 15.1 Å². The van der Waals surface area contributed by atoms with E-state index >= 15 is 0 Å². The number of fused-ring (bicyclic) bond motifs is 25. The minimum atomic E-state index is -0.506. The highest BCUT2D eigenvalue weighted by molar-refractivity contribution is 8.05. The van der Waals surface area contributed by atoms with Gasteiger partial charge in [0.2, 0.25) is 0 Å². The Hall–Kier alpha value is -16.7. The topological polar surface area (TPSA) is 59.8 Å². The number of anilines is 9. The zero-order valence-electron chi connectivity index (χ0n) is 76.5. The van der Waals surface area contributed by atoms with Gasteiger partial charge in [0.15, 0.2) is 46.0 Å². The van der Waals surface area contributed by atoms with Gasteiger partial charge >= 0.3 is 0 Å². The molecule has 0 saturated heterocycles. The van der Waals surface area contributed by atoms with Crippen molar-refractivity contribution in [3.05, 3.63) is 545 Å². The first-order chi connectivity index (χ1) is 70.6. The smallest absolute Gasteiger partial charge is 0.195 e. The van der Waals surface area contributed by atoms with Gasteiger partial charge in [0.25, 0.3) is 0 Å². The van der Waals surface area contributed by atoms with Crippen molar-refractivity contribution >= 4 is 153 Å². The summed E-state index contributed by atoms with van der Waals surface area (Å²) < 4.78 is 31.8. The molecule has 0 amide bonds. The van der Waals surface area contributed by atoms with E-state index in [4.69, 9.17) is 58.2 Å². The van der Waals surface area contributed by atoms with E-state index in [0.29, 0.717) is 56.0 Å². The largest absolute Gasteiger partial charge is 0.456 e. The highest BCUT2D eigenvalue weighted by Crippen LogP contribution is 2.68. The van der Waals surface area contributed by atoms with E-state index in [1.165, 1.54) is 114 Å². The number of benzene rings is 22. The summed E-state index contributed by atoms with van der Waals surface area (Å²) in [4.78, 5) is 11.9. The quantitative estimate of drug-likeness (QED) is 0.118. The third kappa shape index (κ3) is 14.1. The molecule has 0 bridgehead atoms. The van der Waals surface area contributed by atoms with Crippen LogP contribution in [0.3, 0.4) is 0 Å². The van der Waals surface area contributed by atoms with Crippen LogP contribution in [0.15, 0.2) is 509 Å². The summed E-state index contributed by atoms with van der Waals surface area (Å²) in [7, 11) is 0. The maximum absolute atomic E-state index is 6.91. The van der Waals surface area contributed by atoms with Gasteiger partial charge in [-0.3, -0.25) is 0 Å². The fourth-order valence-electron chi connectivity index (χ4n) is 22.3. The second-order valence-corrected chi connectivity index (χ2v) is 39.6. The number of para-hydroxylation sites is 6. The Kier molecular flexibility index (Phi) is 20.9. The highest BCUT2D eigenvalue weighted by Gasteiger charge is 2.53. The van der Waals surface area contributed by atoms with E-state index in [1.807, 2.05) is 145 Å². The van der Waals surface area contributed by atoms with Crippen LogP contribution in [0.5, 0.6) is 46.0 Å². The molecule has 13 heteroatoms. The molecule has 22 aromatic carbocycles. The number of furan rings is 1. The number of rotatable bonds is 12. The highest BCUT2D eigenvalue weighted by atomic mass is 35.5. The lowest BCUT2D eigenvalue weighted by Crippen LogP contribution is -2.28. The predicted molar refractivity (Wildman–Crippen MR) is 588 cm³/mol. The van der Waals surface area contributed by atoms with Crippen LogP contribution < -0.4 is 33.6 Å². The molecule has 0 fully saturated rings. The fourth-order valence-corrected chi connectivity index (χ4v) is 25.5. The van der Waals surface area contributed by atoms with Crippen LogP contribution in [0.4, 0.5) is 51.2 Å². The Morgan fingerprint density at radius 3 is 1.37 bits per heavy atom. The van der Waals surface area contributed by atoms with Crippen LogP contribution in [-0.4, -0.2) is 0 Å². The van der Waals surface area contributed by atoms with Gasteiger partial charge in [-0.25, -0.2) is 0 Å². The van der Waals surface area contributed by atoms with Crippen LogP contribution >= 0.6 is 58.3 Å². The van der Waals surface area contributed by atoms with Crippen molar-refractivity contribution < 1.29 is 23.4 Å². The van der Waals surface area contributed by atoms with Crippen molar-refractivity contribution in [3.63, 3.8) is 0 Å². The molecule has 0 radical (unpaired) electrons. The van der Waals surface area contributed by atoms with Gasteiger partial charge in [-0.2, -0.15) is 0 Å². The first-order valence-corrected chi connectivity index (χ1v) is 50.5.